The summed E-state index contributed by atoms with van der Waals surface area (Å²) in [6.45, 7) is 3.86. The first-order valence-electron chi connectivity index (χ1n) is 9.83. The first kappa shape index (κ1) is 21.0. The van der Waals surface area contributed by atoms with Gasteiger partial charge in [-0.2, -0.15) is 0 Å². The number of amides is 1. The molecule has 1 N–H and O–H groups in total. The largest absolute Gasteiger partial charge is 0.463 e. The van der Waals surface area contributed by atoms with Crippen molar-refractivity contribution in [1.29, 1.82) is 0 Å². The molecule has 2 atom stereocenters. The second kappa shape index (κ2) is 9.25. The van der Waals surface area contributed by atoms with Crippen molar-refractivity contribution in [2.75, 3.05) is 12.4 Å². The van der Waals surface area contributed by atoms with E-state index >= 15 is 0 Å². The van der Waals surface area contributed by atoms with Crippen LogP contribution >= 0.6 is 23.5 Å². The van der Waals surface area contributed by atoms with Gasteiger partial charge in [-0.05, 0) is 26.7 Å². The van der Waals surface area contributed by atoms with E-state index in [1.807, 2.05) is 0 Å². The highest BCUT2D eigenvalue weighted by Gasteiger charge is 2.41. The summed E-state index contributed by atoms with van der Waals surface area (Å²) in [6.07, 6.45) is 4.23. The first-order chi connectivity index (χ1) is 14.5. The average Bonchev–Trinajstić information content (AvgIpc) is 3.44. The van der Waals surface area contributed by atoms with Crippen LogP contribution in [0.25, 0.3) is 11.6 Å². The van der Waals surface area contributed by atoms with Crippen molar-refractivity contribution in [3.8, 4) is 11.6 Å². The topological polar surface area (TPSA) is 120 Å². The molecule has 1 fully saturated rings. The predicted molar refractivity (Wildman–Crippen MR) is 110 cm³/mol. The molecular weight excluding hydrogens is 428 g/mol. The number of nitrogens with one attached hydrogen (secondary N) is 1. The lowest BCUT2D eigenvalue weighted by molar-refractivity contribution is -0.139. The molecule has 2 aromatic heterocycles. The van der Waals surface area contributed by atoms with Gasteiger partial charge in [0.25, 0.3) is 11.1 Å². The normalized spacial score (nSPS) is 20.9. The number of ether oxygens (including phenoxy) is 1. The van der Waals surface area contributed by atoms with Gasteiger partial charge in [0.05, 0.1) is 23.0 Å². The van der Waals surface area contributed by atoms with Gasteiger partial charge in [-0.3, -0.25) is 4.79 Å². The number of esters is 1. The molecule has 0 saturated heterocycles. The summed E-state index contributed by atoms with van der Waals surface area (Å²) in [5.41, 5.74) is 1.07. The number of carbonyl (C=O) groups excluding carboxylic acids is 2. The average molecular weight is 451 g/mol. The Morgan fingerprint density at radius 2 is 2.17 bits per heavy atom. The fourth-order valence-corrected chi connectivity index (χ4v) is 5.75. The van der Waals surface area contributed by atoms with Crippen LogP contribution in [0.3, 0.4) is 0 Å². The minimum atomic E-state index is -0.327. The molecule has 9 nitrogen and oxygen atoms in total. The fourth-order valence-electron chi connectivity index (χ4n) is 3.63. The summed E-state index contributed by atoms with van der Waals surface area (Å²) in [5.74, 6) is 0.533. The molecule has 0 radical (unpaired) electrons. The van der Waals surface area contributed by atoms with Crippen molar-refractivity contribution in [3.63, 3.8) is 0 Å². The molecule has 30 heavy (non-hydrogen) atoms. The van der Waals surface area contributed by atoms with E-state index in [9.17, 15) is 9.59 Å². The van der Waals surface area contributed by atoms with Gasteiger partial charge >= 0.3 is 5.97 Å². The molecule has 1 amide bonds. The predicted octanol–water partition coefficient (Wildman–Crippen LogP) is 3.32. The van der Waals surface area contributed by atoms with Crippen LogP contribution in [0, 0.1) is 12.8 Å². The number of hydrogen-bond acceptors (Lipinski definition) is 10. The van der Waals surface area contributed by atoms with E-state index in [1.54, 1.807) is 31.7 Å². The molecule has 2 aliphatic rings. The van der Waals surface area contributed by atoms with Crippen molar-refractivity contribution in [1.82, 2.24) is 20.7 Å². The van der Waals surface area contributed by atoms with E-state index in [1.165, 1.54) is 0 Å². The summed E-state index contributed by atoms with van der Waals surface area (Å²) in [5, 5.41) is 15.8. The number of nitrogens with zero attached hydrogens (tertiary/aromatic N) is 3. The number of aryl methyl sites for hydroxylation is 1. The van der Waals surface area contributed by atoms with Crippen LogP contribution in [0.15, 0.2) is 30.8 Å². The Labute approximate surface area is 181 Å². The Balaban J connectivity index is 1.39. The van der Waals surface area contributed by atoms with Gasteiger partial charge in [-0.25, -0.2) is 4.79 Å². The number of aromatic nitrogens is 3. The Morgan fingerprint density at radius 3 is 2.93 bits per heavy atom. The molecule has 4 rings (SSSR count). The van der Waals surface area contributed by atoms with Gasteiger partial charge < -0.3 is 19.0 Å². The van der Waals surface area contributed by atoms with Gasteiger partial charge in [0, 0.05) is 17.2 Å². The minimum Gasteiger partial charge on any atom is -0.463 e. The smallest absolute Gasteiger partial charge is 0.336 e. The molecule has 0 bridgehead atoms. The number of carbonyl (C=O) groups is 2. The van der Waals surface area contributed by atoms with Crippen LogP contribution in [-0.4, -0.2) is 44.8 Å². The van der Waals surface area contributed by atoms with E-state index in [2.05, 4.69) is 20.7 Å². The summed E-state index contributed by atoms with van der Waals surface area (Å²) in [6, 6.07) is 1.69. The van der Waals surface area contributed by atoms with Gasteiger partial charge in [-0.15, -0.1) is 22.0 Å². The third-order valence-electron chi connectivity index (χ3n) is 4.92. The van der Waals surface area contributed by atoms with Crippen molar-refractivity contribution >= 4 is 35.4 Å². The number of rotatable bonds is 7. The highest BCUT2D eigenvalue weighted by atomic mass is 32.2. The van der Waals surface area contributed by atoms with Gasteiger partial charge in [0.2, 0.25) is 5.91 Å². The van der Waals surface area contributed by atoms with Crippen molar-refractivity contribution in [3.05, 3.63) is 22.4 Å². The number of hydrogen-bond donors (Lipinski definition) is 1. The second-order valence-electron chi connectivity index (χ2n) is 7.04. The zero-order valence-corrected chi connectivity index (χ0v) is 18.3. The van der Waals surface area contributed by atoms with Crippen LogP contribution in [-0.2, 0) is 14.3 Å². The van der Waals surface area contributed by atoms with Gasteiger partial charge in [-0.1, -0.05) is 29.8 Å². The van der Waals surface area contributed by atoms with Gasteiger partial charge in [0.15, 0.2) is 5.69 Å². The Morgan fingerprint density at radius 1 is 1.33 bits per heavy atom. The maximum absolute atomic E-state index is 12.5. The van der Waals surface area contributed by atoms with Crippen molar-refractivity contribution in [2.24, 2.45) is 5.92 Å². The lowest BCUT2D eigenvalue weighted by Gasteiger charge is -2.25. The van der Waals surface area contributed by atoms with E-state index < -0.39 is 0 Å². The Bertz CT molecular complexity index is 970. The summed E-state index contributed by atoms with van der Waals surface area (Å²) in [4.78, 5) is 25.0. The number of fused-ring (bicyclic) bond motifs is 1. The first-order valence-corrected chi connectivity index (χ1v) is 11.7. The van der Waals surface area contributed by atoms with Crippen molar-refractivity contribution in [2.45, 2.75) is 50.0 Å². The quantitative estimate of drug-likeness (QED) is 0.497. The summed E-state index contributed by atoms with van der Waals surface area (Å²) in [7, 11) is 0. The molecule has 3 heterocycles. The molecule has 2 aromatic rings. The van der Waals surface area contributed by atoms with Gasteiger partial charge in [0.1, 0.15) is 5.76 Å². The molecule has 160 valence electrons. The fraction of sp³-hybridized carbons (Fsp3) is 0.526. The molecule has 2 unspecified atom stereocenters. The Hall–Kier alpha value is -2.27. The third-order valence-corrected chi connectivity index (χ3v) is 7.16. The van der Waals surface area contributed by atoms with Crippen LogP contribution in [0.2, 0.25) is 0 Å². The summed E-state index contributed by atoms with van der Waals surface area (Å²) >= 11 is 2.70. The zero-order valence-electron chi connectivity index (χ0n) is 16.7. The highest BCUT2D eigenvalue weighted by Crippen LogP contribution is 2.48. The molecule has 0 spiro atoms. The van der Waals surface area contributed by atoms with Crippen molar-refractivity contribution < 1.29 is 23.3 Å². The number of thioether (sulfide) groups is 2. The van der Waals surface area contributed by atoms with E-state index in [0.29, 0.717) is 33.9 Å². The standard InChI is InChI=1S/C19H22N4O5S2/c1-3-26-18(25)15-11-6-4-5-7-13(11)30-17(15)20-14(24)9-29-19-22-21-16(27-19)12-8-10(2)28-23-12/h8,11,13H,3-7,9H2,1-2H3,(H,20,24). The van der Waals surface area contributed by atoms with Crippen LogP contribution in [0.4, 0.5) is 0 Å². The minimum absolute atomic E-state index is 0.0783. The van der Waals surface area contributed by atoms with Crippen LogP contribution in [0.1, 0.15) is 38.4 Å². The molecule has 1 aliphatic carbocycles. The molecular formula is C19H22N4O5S2. The lowest BCUT2D eigenvalue weighted by atomic mass is 9.84. The SMILES string of the molecule is CCOC(=O)C1=C(NC(=O)CSc2nnc(-c3cc(C)on3)o2)SC2CCCCC12. The molecule has 0 aromatic carbocycles. The maximum atomic E-state index is 12.5. The summed E-state index contributed by atoms with van der Waals surface area (Å²) < 4.78 is 15.8. The van der Waals surface area contributed by atoms with E-state index in [0.717, 1.165) is 37.4 Å². The molecule has 11 heteroatoms. The highest BCUT2D eigenvalue weighted by molar-refractivity contribution is 8.04. The van der Waals surface area contributed by atoms with Crippen LogP contribution < -0.4 is 5.32 Å². The lowest BCUT2D eigenvalue weighted by Crippen LogP contribution is -2.26. The molecule has 1 aliphatic heterocycles. The molecule has 1 saturated carbocycles. The second-order valence-corrected chi connectivity index (χ2v) is 9.22. The monoisotopic (exact) mass is 450 g/mol. The Kier molecular flexibility index (Phi) is 6.47. The third kappa shape index (κ3) is 4.56. The van der Waals surface area contributed by atoms with E-state index in [4.69, 9.17) is 13.7 Å². The van der Waals surface area contributed by atoms with E-state index in [-0.39, 0.29) is 34.7 Å². The zero-order chi connectivity index (χ0) is 21.1. The van der Waals surface area contributed by atoms with Crippen LogP contribution in [0.5, 0.6) is 0 Å². The maximum Gasteiger partial charge on any atom is 0.336 e.